The minimum Gasteiger partial charge on any atom is -0.497 e. The van der Waals surface area contributed by atoms with Crippen molar-refractivity contribution in [1.82, 2.24) is 19.7 Å². The molecule has 2 heterocycles. The number of hydrogen-bond donors (Lipinski definition) is 1. The first-order valence-electron chi connectivity index (χ1n) is 10.1. The summed E-state index contributed by atoms with van der Waals surface area (Å²) in [4.78, 5) is 17.0. The lowest BCUT2D eigenvalue weighted by Crippen LogP contribution is -2.14. The van der Waals surface area contributed by atoms with Gasteiger partial charge in [0.25, 0.3) is 0 Å². The van der Waals surface area contributed by atoms with E-state index in [9.17, 15) is 4.79 Å². The van der Waals surface area contributed by atoms with Crippen LogP contribution < -0.4 is 10.1 Å². The summed E-state index contributed by atoms with van der Waals surface area (Å²) in [5, 5.41) is 14.6. The van der Waals surface area contributed by atoms with Crippen LogP contribution in [0.2, 0.25) is 0 Å². The van der Waals surface area contributed by atoms with Crippen LogP contribution in [0, 0.1) is 0 Å². The van der Waals surface area contributed by atoms with Crippen molar-refractivity contribution in [2.24, 2.45) is 7.05 Å². The van der Waals surface area contributed by atoms with Crippen molar-refractivity contribution in [3.63, 3.8) is 0 Å². The summed E-state index contributed by atoms with van der Waals surface area (Å²) >= 11 is 2.75. The molecule has 0 bridgehead atoms. The van der Waals surface area contributed by atoms with Gasteiger partial charge in [-0.3, -0.25) is 4.79 Å². The highest BCUT2D eigenvalue weighted by Crippen LogP contribution is 2.27. The van der Waals surface area contributed by atoms with Crippen LogP contribution in [0.25, 0.3) is 22.6 Å². The van der Waals surface area contributed by atoms with E-state index in [1.165, 1.54) is 28.7 Å². The first-order chi connectivity index (χ1) is 15.6. The molecule has 0 saturated carbocycles. The Kier molecular flexibility index (Phi) is 6.87. The number of carbonyl (C=O) groups excluding carboxylic acids is 1. The zero-order chi connectivity index (χ0) is 22.5. The molecule has 0 unspecified atom stereocenters. The minimum atomic E-state index is -0.133. The molecule has 2 aromatic carbocycles. The first kappa shape index (κ1) is 22.0. The van der Waals surface area contributed by atoms with Crippen LogP contribution >= 0.6 is 23.1 Å². The van der Waals surface area contributed by atoms with Gasteiger partial charge in [0.2, 0.25) is 5.91 Å². The van der Waals surface area contributed by atoms with Gasteiger partial charge in [0.1, 0.15) is 5.75 Å². The van der Waals surface area contributed by atoms with E-state index in [0.717, 1.165) is 34.8 Å². The third-order valence-electron chi connectivity index (χ3n) is 4.92. The van der Waals surface area contributed by atoms with E-state index in [0.29, 0.717) is 10.3 Å². The molecule has 1 amide bonds. The van der Waals surface area contributed by atoms with Crippen molar-refractivity contribution in [2.45, 2.75) is 18.5 Å². The van der Waals surface area contributed by atoms with Crippen molar-refractivity contribution in [3.05, 3.63) is 59.5 Å². The number of ether oxygens (including phenoxy) is 1. The second-order valence-corrected chi connectivity index (χ2v) is 8.82. The molecule has 0 aliphatic rings. The van der Waals surface area contributed by atoms with Crippen LogP contribution in [0.15, 0.2) is 59.1 Å². The van der Waals surface area contributed by atoms with Gasteiger partial charge in [0.15, 0.2) is 16.1 Å². The molecule has 2 aromatic heterocycles. The van der Waals surface area contributed by atoms with E-state index in [-0.39, 0.29) is 11.7 Å². The Morgan fingerprint density at radius 3 is 2.50 bits per heavy atom. The third-order valence-corrected chi connectivity index (χ3v) is 6.70. The molecule has 0 atom stereocenters. The number of nitrogens with one attached hydrogen (secondary N) is 1. The Balaban J connectivity index is 1.35. The number of aryl methyl sites for hydroxylation is 1. The number of thioether (sulfide) groups is 1. The highest BCUT2D eigenvalue weighted by molar-refractivity contribution is 7.99. The lowest BCUT2D eigenvalue weighted by atomic mass is 10.1. The van der Waals surface area contributed by atoms with E-state index in [2.05, 4.69) is 51.7 Å². The molecule has 0 aliphatic heterocycles. The Hall–Kier alpha value is -3.17. The summed E-state index contributed by atoms with van der Waals surface area (Å²) in [6.45, 7) is 2.13. The van der Waals surface area contributed by atoms with E-state index < -0.39 is 0 Å². The lowest BCUT2D eigenvalue weighted by molar-refractivity contribution is -0.113. The number of rotatable bonds is 8. The molecule has 4 rings (SSSR count). The zero-order valence-corrected chi connectivity index (χ0v) is 19.7. The number of carbonyl (C=O) groups is 1. The SMILES string of the molecule is CCc1ccc(-c2csc(NC(=O)CSc3nnc(-c4ccc(OC)cc4)n3C)n2)cc1. The van der Waals surface area contributed by atoms with Crippen LogP contribution in [-0.4, -0.2) is 38.5 Å². The van der Waals surface area contributed by atoms with Gasteiger partial charge in [-0.25, -0.2) is 4.98 Å². The maximum atomic E-state index is 12.4. The molecule has 0 spiro atoms. The Morgan fingerprint density at radius 1 is 1.09 bits per heavy atom. The fourth-order valence-corrected chi connectivity index (χ4v) is 4.54. The molecule has 32 heavy (non-hydrogen) atoms. The van der Waals surface area contributed by atoms with Crippen molar-refractivity contribution in [3.8, 4) is 28.4 Å². The van der Waals surface area contributed by atoms with Crippen LogP contribution in [0.5, 0.6) is 5.75 Å². The van der Waals surface area contributed by atoms with E-state index >= 15 is 0 Å². The van der Waals surface area contributed by atoms with Crippen molar-refractivity contribution in [1.29, 1.82) is 0 Å². The molecule has 1 N–H and O–H groups in total. The second kappa shape index (κ2) is 9.97. The molecule has 0 saturated heterocycles. The number of amides is 1. The number of hydrogen-bond acceptors (Lipinski definition) is 7. The summed E-state index contributed by atoms with van der Waals surface area (Å²) in [6, 6.07) is 15.9. The van der Waals surface area contributed by atoms with Gasteiger partial charge in [-0.2, -0.15) is 0 Å². The molecule has 9 heteroatoms. The largest absolute Gasteiger partial charge is 0.497 e. The summed E-state index contributed by atoms with van der Waals surface area (Å²) in [5.74, 6) is 1.60. The molecule has 0 fully saturated rings. The van der Waals surface area contributed by atoms with Gasteiger partial charge in [-0.15, -0.1) is 21.5 Å². The number of benzene rings is 2. The molecular weight excluding hydrogens is 442 g/mol. The van der Waals surface area contributed by atoms with Gasteiger partial charge >= 0.3 is 0 Å². The number of anilines is 1. The van der Waals surface area contributed by atoms with Gasteiger partial charge in [0.05, 0.1) is 18.6 Å². The monoisotopic (exact) mass is 465 g/mol. The van der Waals surface area contributed by atoms with Gasteiger partial charge < -0.3 is 14.6 Å². The average Bonchev–Trinajstić information content (AvgIpc) is 3.44. The van der Waals surface area contributed by atoms with Crippen LogP contribution in [0.3, 0.4) is 0 Å². The maximum absolute atomic E-state index is 12.4. The fourth-order valence-electron chi connectivity index (χ4n) is 3.09. The maximum Gasteiger partial charge on any atom is 0.236 e. The lowest BCUT2D eigenvalue weighted by Gasteiger charge is -2.05. The van der Waals surface area contributed by atoms with Crippen molar-refractivity contribution in [2.75, 3.05) is 18.2 Å². The first-order valence-corrected chi connectivity index (χ1v) is 11.9. The molecule has 0 radical (unpaired) electrons. The standard InChI is InChI=1S/C23H23N5O2S2/c1-4-15-5-7-16(8-6-15)19-13-31-22(24-19)25-20(29)14-32-23-27-26-21(28(23)2)17-9-11-18(30-3)12-10-17/h5-13H,4,14H2,1-3H3,(H,24,25,29). The molecule has 4 aromatic rings. The second-order valence-electron chi connectivity index (χ2n) is 7.02. The normalized spacial score (nSPS) is 10.8. The number of nitrogens with zero attached hydrogens (tertiary/aromatic N) is 4. The third kappa shape index (κ3) is 5.00. The quantitative estimate of drug-likeness (QED) is 0.373. The summed E-state index contributed by atoms with van der Waals surface area (Å²) in [7, 11) is 3.52. The van der Waals surface area contributed by atoms with Gasteiger partial charge in [0, 0.05) is 23.6 Å². The van der Waals surface area contributed by atoms with Gasteiger partial charge in [-0.1, -0.05) is 43.0 Å². The molecule has 164 valence electrons. The number of methoxy groups -OCH3 is 1. The van der Waals surface area contributed by atoms with Crippen LogP contribution in [-0.2, 0) is 18.3 Å². The van der Waals surface area contributed by atoms with E-state index in [1.807, 2.05) is 41.3 Å². The molecular formula is C23H23N5O2S2. The molecule has 7 nitrogen and oxygen atoms in total. The van der Waals surface area contributed by atoms with Crippen LogP contribution in [0.4, 0.5) is 5.13 Å². The van der Waals surface area contributed by atoms with E-state index in [4.69, 9.17) is 4.74 Å². The summed E-state index contributed by atoms with van der Waals surface area (Å²) in [6.07, 6.45) is 1.00. The highest BCUT2D eigenvalue weighted by Gasteiger charge is 2.14. The number of thiazole rings is 1. The zero-order valence-electron chi connectivity index (χ0n) is 18.0. The Morgan fingerprint density at radius 2 is 1.81 bits per heavy atom. The van der Waals surface area contributed by atoms with Crippen molar-refractivity contribution >= 4 is 34.1 Å². The Bertz CT molecular complexity index is 1200. The van der Waals surface area contributed by atoms with Crippen molar-refractivity contribution < 1.29 is 9.53 Å². The molecule has 0 aliphatic carbocycles. The predicted octanol–water partition coefficient (Wildman–Crippen LogP) is 4.91. The summed E-state index contributed by atoms with van der Waals surface area (Å²) < 4.78 is 7.07. The van der Waals surface area contributed by atoms with Crippen LogP contribution in [0.1, 0.15) is 12.5 Å². The predicted molar refractivity (Wildman–Crippen MR) is 129 cm³/mol. The van der Waals surface area contributed by atoms with Gasteiger partial charge in [-0.05, 0) is 36.2 Å². The Labute approximate surface area is 194 Å². The smallest absolute Gasteiger partial charge is 0.236 e. The average molecular weight is 466 g/mol. The number of aromatic nitrogens is 4. The topological polar surface area (TPSA) is 81.9 Å². The highest BCUT2D eigenvalue weighted by atomic mass is 32.2. The van der Waals surface area contributed by atoms with E-state index in [1.54, 1.807) is 7.11 Å². The minimum absolute atomic E-state index is 0.133. The fraction of sp³-hybridized carbons (Fsp3) is 0.217. The summed E-state index contributed by atoms with van der Waals surface area (Å²) in [5.41, 5.74) is 4.12.